The highest BCUT2D eigenvalue weighted by molar-refractivity contribution is 9.10. The van der Waals surface area contributed by atoms with Crippen molar-refractivity contribution in [2.45, 2.75) is 19.4 Å². The molecule has 0 aliphatic heterocycles. The minimum absolute atomic E-state index is 0.0931. The van der Waals surface area contributed by atoms with E-state index in [1.165, 1.54) is 0 Å². The number of halogens is 2. The zero-order chi connectivity index (χ0) is 15.4. The summed E-state index contributed by atoms with van der Waals surface area (Å²) in [6.07, 6.45) is 0.299. The van der Waals surface area contributed by atoms with Gasteiger partial charge in [-0.3, -0.25) is 4.79 Å². The first-order chi connectivity index (χ1) is 9.99. The molecule has 0 aliphatic carbocycles. The zero-order valence-electron chi connectivity index (χ0n) is 11.7. The van der Waals surface area contributed by atoms with Gasteiger partial charge in [-0.05, 0) is 23.3 Å². The molecule has 0 amide bonds. The van der Waals surface area contributed by atoms with Crippen molar-refractivity contribution in [2.75, 3.05) is 0 Å². The molecule has 0 spiro atoms. The second kappa shape index (κ2) is 7.21. The van der Waals surface area contributed by atoms with Crippen LogP contribution >= 0.6 is 27.5 Å². The Kier molecular flexibility index (Phi) is 5.57. The van der Waals surface area contributed by atoms with Crippen LogP contribution in [0.5, 0.6) is 0 Å². The van der Waals surface area contributed by atoms with E-state index in [4.69, 9.17) is 17.3 Å². The molecule has 0 fully saturated rings. The predicted molar refractivity (Wildman–Crippen MR) is 90.4 cm³/mol. The Morgan fingerprint density at radius 2 is 1.90 bits per heavy atom. The molecule has 21 heavy (non-hydrogen) atoms. The molecular formula is C17H17BrClNO. The first kappa shape index (κ1) is 16.2. The maximum Gasteiger partial charge on any atom is 0.142 e. The van der Waals surface area contributed by atoms with Gasteiger partial charge < -0.3 is 5.73 Å². The van der Waals surface area contributed by atoms with Crippen molar-refractivity contribution in [1.29, 1.82) is 0 Å². The molecule has 0 aromatic heterocycles. The van der Waals surface area contributed by atoms with Crippen LogP contribution in [0.25, 0.3) is 0 Å². The fraction of sp³-hybridized carbons (Fsp3) is 0.235. The molecule has 110 valence electrons. The highest BCUT2D eigenvalue weighted by Gasteiger charge is 2.22. The van der Waals surface area contributed by atoms with E-state index in [1.54, 1.807) is 6.07 Å². The second-order valence-corrected chi connectivity index (χ2v) is 6.43. The van der Waals surface area contributed by atoms with Gasteiger partial charge in [0.15, 0.2) is 0 Å². The third-order valence-electron chi connectivity index (χ3n) is 3.61. The topological polar surface area (TPSA) is 43.1 Å². The third kappa shape index (κ3) is 4.16. The number of hydrogen-bond acceptors (Lipinski definition) is 2. The van der Waals surface area contributed by atoms with Gasteiger partial charge in [0.2, 0.25) is 0 Å². The van der Waals surface area contributed by atoms with E-state index in [0.717, 1.165) is 15.6 Å². The van der Waals surface area contributed by atoms with E-state index in [2.05, 4.69) is 15.9 Å². The van der Waals surface area contributed by atoms with Crippen molar-refractivity contribution in [2.24, 2.45) is 11.7 Å². The van der Waals surface area contributed by atoms with Crippen LogP contribution in [0.4, 0.5) is 0 Å². The van der Waals surface area contributed by atoms with Crippen molar-refractivity contribution in [1.82, 2.24) is 0 Å². The highest BCUT2D eigenvalue weighted by Crippen LogP contribution is 2.25. The van der Waals surface area contributed by atoms with Crippen LogP contribution < -0.4 is 5.73 Å². The smallest absolute Gasteiger partial charge is 0.142 e. The molecule has 2 aromatic carbocycles. The number of hydrogen-bond donors (Lipinski definition) is 1. The second-order valence-electron chi connectivity index (χ2n) is 5.10. The Hall–Kier alpha value is -1.16. The van der Waals surface area contributed by atoms with Crippen LogP contribution in [-0.4, -0.2) is 5.78 Å². The lowest BCUT2D eigenvalue weighted by atomic mass is 9.89. The van der Waals surface area contributed by atoms with Crippen LogP contribution in [0.1, 0.15) is 24.1 Å². The first-order valence-electron chi connectivity index (χ1n) is 6.76. The largest absolute Gasteiger partial charge is 0.323 e. The van der Waals surface area contributed by atoms with Gasteiger partial charge in [-0.1, -0.05) is 70.9 Å². The lowest BCUT2D eigenvalue weighted by Gasteiger charge is -2.19. The van der Waals surface area contributed by atoms with Crippen molar-refractivity contribution in [3.8, 4) is 0 Å². The number of carbonyl (C=O) groups is 1. The molecule has 0 saturated carbocycles. The van der Waals surface area contributed by atoms with Crippen molar-refractivity contribution < 1.29 is 4.79 Å². The summed E-state index contributed by atoms with van der Waals surface area (Å²) < 4.78 is 0.901. The van der Waals surface area contributed by atoms with Crippen molar-refractivity contribution in [3.05, 3.63) is 69.2 Å². The summed E-state index contributed by atoms with van der Waals surface area (Å²) in [6.45, 7) is 1.87. The summed E-state index contributed by atoms with van der Waals surface area (Å²) in [4.78, 5) is 12.4. The van der Waals surface area contributed by atoms with E-state index in [0.29, 0.717) is 11.4 Å². The maximum absolute atomic E-state index is 12.4. The van der Waals surface area contributed by atoms with E-state index < -0.39 is 0 Å². The normalized spacial score (nSPS) is 13.7. The maximum atomic E-state index is 12.4. The number of Topliss-reactive ketones (excluding diaryl/α,β-unsaturated/α-hetero) is 1. The quantitative estimate of drug-likeness (QED) is 0.843. The van der Waals surface area contributed by atoms with E-state index in [-0.39, 0.29) is 17.7 Å². The van der Waals surface area contributed by atoms with Gasteiger partial charge >= 0.3 is 0 Å². The predicted octanol–water partition coefficient (Wildman–Crippen LogP) is 4.55. The SMILES string of the molecule is CC(C(=O)Cc1ccc(Br)cc1Cl)C(N)c1ccccc1. The summed E-state index contributed by atoms with van der Waals surface area (Å²) in [5.74, 6) is -0.164. The van der Waals surface area contributed by atoms with Crippen LogP contribution in [0.2, 0.25) is 5.02 Å². The summed E-state index contributed by atoms with van der Waals surface area (Å²) in [5.41, 5.74) is 8.00. The zero-order valence-corrected chi connectivity index (χ0v) is 14.1. The summed E-state index contributed by atoms with van der Waals surface area (Å²) in [7, 11) is 0. The Labute approximate surface area is 138 Å². The molecule has 2 unspecified atom stereocenters. The fourth-order valence-electron chi connectivity index (χ4n) is 2.18. The van der Waals surface area contributed by atoms with Crippen molar-refractivity contribution >= 4 is 33.3 Å². The molecule has 0 bridgehead atoms. The number of ketones is 1. The molecule has 2 nitrogen and oxygen atoms in total. The summed E-state index contributed by atoms with van der Waals surface area (Å²) in [6, 6.07) is 14.9. The fourth-order valence-corrected chi connectivity index (χ4v) is 2.92. The number of benzene rings is 2. The number of nitrogens with two attached hydrogens (primary N) is 1. The Bertz CT molecular complexity index is 630. The van der Waals surface area contributed by atoms with Gasteiger partial charge in [0.25, 0.3) is 0 Å². The lowest BCUT2D eigenvalue weighted by Crippen LogP contribution is -2.27. The summed E-state index contributed by atoms with van der Waals surface area (Å²) >= 11 is 9.52. The monoisotopic (exact) mass is 365 g/mol. The van der Waals surface area contributed by atoms with E-state index >= 15 is 0 Å². The van der Waals surface area contributed by atoms with Crippen LogP contribution in [0.3, 0.4) is 0 Å². The van der Waals surface area contributed by atoms with Crippen LogP contribution in [0.15, 0.2) is 53.0 Å². The Balaban J connectivity index is 2.09. The van der Waals surface area contributed by atoms with Gasteiger partial charge in [-0.25, -0.2) is 0 Å². The molecule has 4 heteroatoms. The Morgan fingerprint density at radius 1 is 1.24 bits per heavy atom. The molecule has 2 rings (SSSR count). The molecule has 0 aliphatic rings. The highest BCUT2D eigenvalue weighted by atomic mass is 79.9. The molecule has 0 heterocycles. The van der Waals surface area contributed by atoms with Crippen molar-refractivity contribution in [3.63, 3.8) is 0 Å². The molecule has 0 saturated heterocycles. The van der Waals surface area contributed by atoms with Gasteiger partial charge in [0.1, 0.15) is 5.78 Å². The number of carbonyl (C=O) groups excluding carboxylic acids is 1. The third-order valence-corrected chi connectivity index (χ3v) is 4.46. The minimum atomic E-state index is -0.298. The first-order valence-corrected chi connectivity index (χ1v) is 7.93. The summed E-state index contributed by atoms with van der Waals surface area (Å²) in [5, 5.41) is 0.596. The van der Waals surface area contributed by atoms with Crippen LogP contribution in [0, 0.1) is 5.92 Å². The molecule has 2 atom stereocenters. The minimum Gasteiger partial charge on any atom is -0.323 e. The van der Waals surface area contributed by atoms with E-state index in [9.17, 15) is 4.79 Å². The van der Waals surface area contributed by atoms with Gasteiger partial charge in [0, 0.05) is 27.9 Å². The average Bonchev–Trinajstić information content (AvgIpc) is 2.49. The molecular weight excluding hydrogens is 350 g/mol. The van der Waals surface area contributed by atoms with Gasteiger partial charge in [0.05, 0.1) is 0 Å². The van der Waals surface area contributed by atoms with Gasteiger partial charge in [-0.2, -0.15) is 0 Å². The van der Waals surface area contributed by atoms with E-state index in [1.807, 2.05) is 49.4 Å². The average molecular weight is 367 g/mol. The molecule has 2 N–H and O–H groups in total. The van der Waals surface area contributed by atoms with Gasteiger partial charge in [-0.15, -0.1) is 0 Å². The number of rotatable bonds is 5. The molecule has 2 aromatic rings. The Morgan fingerprint density at radius 3 is 2.52 bits per heavy atom. The van der Waals surface area contributed by atoms with Crippen LogP contribution in [-0.2, 0) is 11.2 Å². The lowest BCUT2D eigenvalue weighted by molar-refractivity contribution is -0.122. The standard InChI is InChI=1S/C17H17BrClNO/c1-11(17(20)12-5-3-2-4-6-12)16(21)9-13-7-8-14(18)10-15(13)19/h2-8,10-11,17H,9,20H2,1H3. The molecule has 0 radical (unpaired) electrons.